The summed E-state index contributed by atoms with van der Waals surface area (Å²) in [6.07, 6.45) is 5.16. The fourth-order valence-electron chi connectivity index (χ4n) is 3.15. The Bertz CT molecular complexity index is 947. The maximum absolute atomic E-state index is 12.1. The van der Waals surface area contributed by atoms with E-state index in [2.05, 4.69) is 25.8 Å². The fourth-order valence-corrected chi connectivity index (χ4v) is 3.64. The minimum absolute atomic E-state index is 0.185. The molecule has 1 aromatic heterocycles. The van der Waals surface area contributed by atoms with Crippen molar-refractivity contribution in [1.29, 1.82) is 0 Å². The molecular weight excluding hydrogens is 441 g/mol. The number of piperidine rings is 1. The van der Waals surface area contributed by atoms with Gasteiger partial charge in [0.05, 0.1) is 35.6 Å². The van der Waals surface area contributed by atoms with Gasteiger partial charge in [-0.05, 0) is 49.6 Å². The third-order valence-electron chi connectivity index (χ3n) is 4.74. The highest BCUT2D eigenvalue weighted by molar-refractivity contribution is 6.36. The molecule has 31 heavy (non-hydrogen) atoms. The van der Waals surface area contributed by atoms with Crippen molar-refractivity contribution in [2.45, 2.75) is 19.3 Å². The number of hydrogen-bond acceptors (Lipinski definition) is 5. The fraction of sp³-hybridized carbons (Fsp3) is 0.333. The summed E-state index contributed by atoms with van der Waals surface area (Å²) >= 11 is 11.8. The highest BCUT2D eigenvalue weighted by Crippen LogP contribution is 2.21. The first-order valence-corrected chi connectivity index (χ1v) is 10.7. The van der Waals surface area contributed by atoms with Crippen LogP contribution in [0, 0.1) is 0 Å². The molecule has 3 amide bonds. The van der Waals surface area contributed by atoms with E-state index in [1.807, 2.05) is 6.07 Å². The smallest absolute Gasteiger partial charge is 0.253 e. The van der Waals surface area contributed by atoms with Crippen LogP contribution in [0.1, 0.15) is 29.6 Å². The van der Waals surface area contributed by atoms with Crippen molar-refractivity contribution in [2.75, 3.05) is 36.4 Å². The zero-order valence-corrected chi connectivity index (χ0v) is 18.3. The van der Waals surface area contributed by atoms with Gasteiger partial charge in [0.2, 0.25) is 11.8 Å². The van der Waals surface area contributed by atoms with Gasteiger partial charge in [-0.15, -0.1) is 0 Å². The van der Waals surface area contributed by atoms with Crippen LogP contribution in [0.2, 0.25) is 10.0 Å². The van der Waals surface area contributed by atoms with Crippen LogP contribution >= 0.6 is 23.2 Å². The molecule has 0 bridgehead atoms. The monoisotopic (exact) mass is 463 g/mol. The number of rotatable bonds is 7. The van der Waals surface area contributed by atoms with E-state index in [9.17, 15) is 14.4 Å². The largest absolute Gasteiger partial charge is 0.357 e. The summed E-state index contributed by atoms with van der Waals surface area (Å²) in [6.45, 7) is 1.46. The van der Waals surface area contributed by atoms with E-state index in [0.717, 1.165) is 31.7 Å². The zero-order valence-electron chi connectivity index (χ0n) is 16.8. The number of carbonyl (C=O) groups excluding carboxylic acids is 3. The summed E-state index contributed by atoms with van der Waals surface area (Å²) in [5.74, 6) is -0.524. The van der Waals surface area contributed by atoms with Crippen molar-refractivity contribution in [3.8, 4) is 0 Å². The predicted octanol–water partition coefficient (Wildman–Crippen LogP) is 2.86. The molecule has 1 aliphatic rings. The van der Waals surface area contributed by atoms with E-state index in [1.54, 1.807) is 12.3 Å². The number of benzene rings is 1. The lowest BCUT2D eigenvalue weighted by Gasteiger charge is -2.27. The van der Waals surface area contributed by atoms with Gasteiger partial charge in [0, 0.05) is 18.1 Å². The molecule has 0 unspecified atom stereocenters. The Morgan fingerprint density at radius 2 is 1.68 bits per heavy atom. The molecule has 1 fully saturated rings. The third kappa shape index (κ3) is 6.83. The Morgan fingerprint density at radius 1 is 0.935 bits per heavy atom. The summed E-state index contributed by atoms with van der Waals surface area (Å²) in [5.41, 5.74) is 0.753. The maximum atomic E-state index is 12.1. The van der Waals surface area contributed by atoms with Gasteiger partial charge in [0.1, 0.15) is 5.82 Å². The van der Waals surface area contributed by atoms with E-state index in [4.69, 9.17) is 23.2 Å². The predicted molar refractivity (Wildman–Crippen MR) is 121 cm³/mol. The van der Waals surface area contributed by atoms with Gasteiger partial charge in [0.15, 0.2) is 0 Å². The van der Waals surface area contributed by atoms with Gasteiger partial charge >= 0.3 is 0 Å². The number of amides is 3. The Morgan fingerprint density at radius 3 is 2.35 bits per heavy atom. The molecule has 0 spiro atoms. The van der Waals surface area contributed by atoms with E-state index in [1.165, 1.54) is 24.6 Å². The van der Waals surface area contributed by atoms with Crippen molar-refractivity contribution in [3.63, 3.8) is 0 Å². The molecule has 164 valence electrons. The van der Waals surface area contributed by atoms with Crippen LogP contribution in [0.15, 0.2) is 36.5 Å². The standard InChI is InChI=1S/C21H23Cl2N5O3/c22-14-4-6-16(17(23)10-14)21(31)26-12-19(29)25-13-20(30)27-15-5-7-18(24-11-15)28-8-2-1-3-9-28/h4-7,10-11H,1-3,8-9,12-13H2,(H,25,29)(H,26,31)(H,27,30). The van der Waals surface area contributed by atoms with Crippen LogP contribution in [0.5, 0.6) is 0 Å². The molecule has 3 N–H and O–H groups in total. The van der Waals surface area contributed by atoms with E-state index >= 15 is 0 Å². The van der Waals surface area contributed by atoms with Crippen molar-refractivity contribution < 1.29 is 14.4 Å². The second kappa shape index (κ2) is 11.0. The zero-order chi connectivity index (χ0) is 22.2. The molecule has 10 heteroatoms. The summed E-state index contributed by atoms with van der Waals surface area (Å²) < 4.78 is 0. The van der Waals surface area contributed by atoms with E-state index in [-0.39, 0.29) is 23.7 Å². The number of hydrogen-bond donors (Lipinski definition) is 3. The second-order valence-corrected chi connectivity index (χ2v) is 7.93. The number of anilines is 2. The van der Waals surface area contributed by atoms with Gasteiger partial charge < -0.3 is 20.9 Å². The Balaban J connectivity index is 1.39. The summed E-state index contributed by atoms with van der Waals surface area (Å²) in [7, 11) is 0. The molecule has 0 radical (unpaired) electrons. The van der Waals surface area contributed by atoms with Crippen molar-refractivity contribution in [2.24, 2.45) is 0 Å². The normalized spacial score (nSPS) is 13.4. The molecule has 2 aromatic rings. The Hall–Kier alpha value is -2.84. The van der Waals surface area contributed by atoms with Crippen molar-refractivity contribution >= 4 is 52.4 Å². The first-order chi connectivity index (χ1) is 14.9. The minimum atomic E-state index is -0.513. The van der Waals surface area contributed by atoms with Crippen LogP contribution < -0.4 is 20.9 Å². The minimum Gasteiger partial charge on any atom is -0.357 e. The van der Waals surface area contributed by atoms with Crippen LogP contribution in [0.3, 0.4) is 0 Å². The first-order valence-electron chi connectivity index (χ1n) is 9.93. The lowest BCUT2D eigenvalue weighted by atomic mass is 10.1. The topological polar surface area (TPSA) is 103 Å². The first kappa shape index (κ1) is 22.8. The highest BCUT2D eigenvalue weighted by Gasteiger charge is 2.14. The molecule has 8 nitrogen and oxygen atoms in total. The van der Waals surface area contributed by atoms with Crippen LogP contribution in [-0.4, -0.2) is 48.9 Å². The molecule has 0 saturated carbocycles. The van der Waals surface area contributed by atoms with Crippen LogP contribution in [0.4, 0.5) is 11.5 Å². The van der Waals surface area contributed by atoms with Gasteiger partial charge in [-0.1, -0.05) is 23.2 Å². The molecule has 1 saturated heterocycles. The Labute approximate surface area is 190 Å². The molecule has 1 aliphatic heterocycles. The number of nitrogens with zero attached hydrogens (tertiary/aromatic N) is 2. The summed E-state index contributed by atoms with van der Waals surface area (Å²) in [4.78, 5) is 42.7. The van der Waals surface area contributed by atoms with E-state index in [0.29, 0.717) is 10.7 Å². The van der Waals surface area contributed by atoms with Gasteiger partial charge in [-0.3, -0.25) is 14.4 Å². The lowest BCUT2D eigenvalue weighted by Crippen LogP contribution is -2.40. The number of nitrogens with one attached hydrogen (secondary N) is 3. The summed E-state index contributed by atoms with van der Waals surface area (Å²) in [6, 6.07) is 8.09. The Kier molecular flexibility index (Phi) is 8.08. The maximum Gasteiger partial charge on any atom is 0.253 e. The molecular formula is C21H23Cl2N5O3. The average molecular weight is 464 g/mol. The number of aromatic nitrogens is 1. The van der Waals surface area contributed by atoms with Gasteiger partial charge in [0.25, 0.3) is 5.91 Å². The average Bonchev–Trinajstić information content (AvgIpc) is 2.77. The SMILES string of the molecule is O=C(CNC(=O)c1ccc(Cl)cc1Cl)NCC(=O)Nc1ccc(N2CCCCC2)nc1. The van der Waals surface area contributed by atoms with Gasteiger partial charge in [-0.2, -0.15) is 0 Å². The van der Waals surface area contributed by atoms with Gasteiger partial charge in [-0.25, -0.2) is 4.98 Å². The molecule has 1 aromatic carbocycles. The number of pyridine rings is 1. The van der Waals surface area contributed by atoms with Crippen LogP contribution in [0.25, 0.3) is 0 Å². The molecule has 0 aliphatic carbocycles. The third-order valence-corrected chi connectivity index (χ3v) is 5.29. The van der Waals surface area contributed by atoms with E-state index < -0.39 is 17.7 Å². The quantitative estimate of drug-likeness (QED) is 0.585. The second-order valence-electron chi connectivity index (χ2n) is 7.08. The molecule has 2 heterocycles. The van der Waals surface area contributed by atoms with Crippen molar-refractivity contribution in [3.05, 3.63) is 52.1 Å². The summed E-state index contributed by atoms with van der Waals surface area (Å²) in [5, 5.41) is 8.16. The highest BCUT2D eigenvalue weighted by atomic mass is 35.5. The molecule has 0 atom stereocenters. The number of carbonyl (C=O) groups is 3. The van der Waals surface area contributed by atoms with Crippen molar-refractivity contribution in [1.82, 2.24) is 15.6 Å². The lowest BCUT2D eigenvalue weighted by molar-refractivity contribution is -0.123. The number of halogens is 2. The molecule has 3 rings (SSSR count). The van der Waals surface area contributed by atoms with Crippen LogP contribution in [-0.2, 0) is 9.59 Å².